The number of ether oxygens (including phenoxy) is 4. The molecule has 2 aromatic rings. The van der Waals surface area contributed by atoms with Gasteiger partial charge in [-0.25, -0.2) is 4.79 Å². The van der Waals surface area contributed by atoms with Crippen LogP contribution in [0.25, 0.3) is 10.8 Å². The van der Waals surface area contributed by atoms with Gasteiger partial charge in [-0.2, -0.15) is 0 Å². The fraction of sp³-hybridized carbons (Fsp3) is 0.655. The van der Waals surface area contributed by atoms with Crippen molar-refractivity contribution < 1.29 is 48.7 Å². The molecule has 8 atom stereocenters. The Hall–Kier alpha value is -5.03. The number of rotatable bonds is 5. The Morgan fingerprint density at radius 3 is 2.25 bits per heavy atom. The molecule has 6 heterocycles. The molecule has 0 radical (unpaired) electrons. The van der Waals surface area contributed by atoms with Crippen molar-refractivity contribution in [3.05, 3.63) is 58.0 Å². The number of phenols is 2. The zero-order valence-electron chi connectivity index (χ0n) is 43.6. The predicted molar refractivity (Wildman–Crippen MR) is 271 cm³/mol. The summed E-state index contributed by atoms with van der Waals surface area (Å²) in [5.74, 6) is -4.54. The van der Waals surface area contributed by atoms with Gasteiger partial charge in [0.1, 0.15) is 28.6 Å². The molecule has 2 saturated heterocycles. The molecule has 3 fully saturated rings. The number of aliphatic hydroxyl groups excluding tert-OH is 1. The fourth-order valence-corrected chi connectivity index (χ4v) is 12.0. The van der Waals surface area contributed by atoms with Gasteiger partial charge in [0, 0.05) is 107 Å². The summed E-state index contributed by atoms with van der Waals surface area (Å²) >= 11 is 0. The average Bonchev–Trinajstić information content (AvgIpc) is 3.85. The van der Waals surface area contributed by atoms with E-state index in [-0.39, 0.29) is 61.6 Å². The van der Waals surface area contributed by atoms with Gasteiger partial charge in [-0.15, -0.1) is 0 Å². The zero-order chi connectivity index (χ0) is 51.1. The molecule has 2 amide bonds. The van der Waals surface area contributed by atoms with Crippen LogP contribution in [0.15, 0.2) is 46.1 Å². The van der Waals surface area contributed by atoms with Crippen molar-refractivity contribution in [2.75, 3.05) is 58.2 Å². The number of hydrogen-bond donors (Lipinski definition) is 4. The van der Waals surface area contributed by atoms with E-state index < -0.39 is 65.1 Å². The molecule has 0 aromatic heterocycles. The highest BCUT2D eigenvalue weighted by molar-refractivity contribution is 6.19. The van der Waals surface area contributed by atoms with Crippen LogP contribution in [0.3, 0.4) is 0 Å². The number of carbonyl (C=O) groups excluding carboxylic acids is 3. The summed E-state index contributed by atoms with van der Waals surface area (Å²) in [5, 5.41) is 39.7. The molecule has 1 aliphatic carbocycles. The predicted octanol–water partition coefficient (Wildman–Crippen LogP) is 7.30. The third kappa shape index (κ3) is 10.5. The SMILES string of the molecule is CO[C@H]1/C=C/OC2(C)Oc3c(C)c(O)c4c(O)c(c5c(c4c3C2=O)=NC2(CCN(CC(C)C)CC2)N=5)NC(=O)/C(C)=C\C=C\C(C)C[C@@H](C)C(O)[C@@H](C)C(OC(=O)N2CCN(C3CCCCC3)CC2)[C@@H]1C. The van der Waals surface area contributed by atoms with Gasteiger partial charge in [-0.05, 0) is 56.9 Å². The number of hydrogen-bond acceptors (Lipinski definition) is 14. The minimum atomic E-state index is -1.94. The van der Waals surface area contributed by atoms with Gasteiger partial charge >= 0.3 is 11.9 Å². The number of piperazine rings is 1. The van der Waals surface area contributed by atoms with E-state index in [1.54, 1.807) is 38.0 Å². The Morgan fingerprint density at radius 2 is 1.59 bits per heavy atom. The molecule has 9 rings (SSSR count). The summed E-state index contributed by atoms with van der Waals surface area (Å²) < 4.78 is 25.2. The molecule has 5 bridgehead atoms. The average molecular weight is 983 g/mol. The van der Waals surface area contributed by atoms with Gasteiger partial charge in [0.2, 0.25) is 0 Å². The lowest BCUT2D eigenvalue weighted by Crippen LogP contribution is -2.54. The van der Waals surface area contributed by atoms with Crippen molar-refractivity contribution in [3.63, 3.8) is 0 Å². The second-order valence-corrected chi connectivity index (χ2v) is 22.0. The van der Waals surface area contributed by atoms with E-state index in [9.17, 15) is 29.7 Å². The Balaban J connectivity index is 1.17. The van der Waals surface area contributed by atoms with Gasteiger partial charge in [0.25, 0.3) is 11.7 Å². The minimum absolute atomic E-state index is 0.00873. The Bertz CT molecular complexity index is 2570. The first-order valence-electron chi connectivity index (χ1n) is 26.2. The summed E-state index contributed by atoms with van der Waals surface area (Å²) in [6.45, 7) is 22.0. The maximum atomic E-state index is 15.0. The molecule has 1 spiro atoms. The van der Waals surface area contributed by atoms with Crippen LogP contribution in [0, 0.1) is 36.5 Å². The summed E-state index contributed by atoms with van der Waals surface area (Å²) in [5.41, 5.74) is -0.365. The first-order valence-corrected chi connectivity index (χ1v) is 26.2. The quantitative estimate of drug-likeness (QED) is 0.219. The molecule has 388 valence electrons. The standard InChI is InChI=1S/C55H78N6O10/c1-31(2)30-59-22-20-55(21-23-59)57-43-40-41-47(63)37(8)50-42(40)51(65)54(9,71-50)69-28-19-39(68-10)35(6)49(70-53(67)61-26-24-60(25-27-61)38-17-12-11-13-18-38)36(7)46(62)34(5)29-32(3)15-14-16-33(4)52(66)56-45(48(41)64)44(43)58-55/h14-16,19,28,31-32,34-36,38-39,46,49,62-64H,11-13,17-18,20-27,29-30H2,1-10H3,(H,56,66)/b15-14+,28-19+,33-16-/t32?,34-,35-,36-,39+,46?,49?,54?/m1/s1. The van der Waals surface area contributed by atoms with Crippen molar-refractivity contribution in [1.29, 1.82) is 0 Å². The topological polar surface area (TPSA) is 195 Å². The first-order chi connectivity index (χ1) is 33.8. The molecule has 2 aromatic carbocycles. The molecule has 7 aliphatic rings. The van der Waals surface area contributed by atoms with E-state index >= 15 is 0 Å². The molecule has 16 nitrogen and oxygen atoms in total. The second-order valence-electron chi connectivity index (χ2n) is 22.0. The van der Waals surface area contributed by atoms with Gasteiger partial charge < -0.3 is 49.4 Å². The third-order valence-electron chi connectivity index (χ3n) is 16.2. The van der Waals surface area contributed by atoms with Gasteiger partial charge in [-0.1, -0.05) is 79.0 Å². The summed E-state index contributed by atoms with van der Waals surface area (Å²) in [6, 6.07) is 0.557. The molecular formula is C55H78N6O10. The number of ketones is 1. The Morgan fingerprint density at radius 1 is 0.915 bits per heavy atom. The largest absolute Gasteiger partial charge is 0.507 e. The molecular weight excluding hydrogens is 905 g/mol. The molecule has 16 heteroatoms. The van der Waals surface area contributed by atoms with Gasteiger partial charge in [0.05, 0.1) is 34.8 Å². The van der Waals surface area contributed by atoms with Gasteiger partial charge in [0.15, 0.2) is 11.4 Å². The number of benzene rings is 2. The highest BCUT2D eigenvalue weighted by Crippen LogP contribution is 2.50. The Kier molecular flexibility index (Phi) is 15.6. The minimum Gasteiger partial charge on any atom is -0.507 e. The van der Waals surface area contributed by atoms with E-state index in [2.05, 4.69) is 29.0 Å². The number of nitrogens with zero attached hydrogens (tertiary/aromatic N) is 5. The van der Waals surface area contributed by atoms with Crippen LogP contribution in [0.5, 0.6) is 17.2 Å². The summed E-state index contributed by atoms with van der Waals surface area (Å²) in [7, 11) is 1.55. The van der Waals surface area contributed by atoms with E-state index in [0.717, 1.165) is 32.7 Å². The van der Waals surface area contributed by atoms with E-state index in [1.165, 1.54) is 45.3 Å². The third-order valence-corrected chi connectivity index (χ3v) is 16.2. The number of amides is 2. The van der Waals surface area contributed by atoms with Crippen LogP contribution in [-0.2, 0) is 19.0 Å². The lowest BCUT2D eigenvalue weighted by Gasteiger charge is -2.42. The maximum Gasteiger partial charge on any atom is 0.410 e. The fourth-order valence-electron chi connectivity index (χ4n) is 12.0. The van der Waals surface area contributed by atoms with Crippen LogP contribution in [0.2, 0.25) is 0 Å². The number of allylic oxidation sites excluding steroid dienone is 3. The number of nitrogens with one attached hydrogen (secondary N) is 1. The van der Waals surface area contributed by atoms with Gasteiger partial charge in [-0.3, -0.25) is 24.5 Å². The molecule has 4 unspecified atom stereocenters. The lowest BCUT2D eigenvalue weighted by molar-refractivity contribution is -0.112. The monoisotopic (exact) mass is 983 g/mol. The van der Waals surface area contributed by atoms with E-state index in [4.69, 9.17) is 28.9 Å². The highest BCUT2D eigenvalue weighted by Gasteiger charge is 2.50. The summed E-state index contributed by atoms with van der Waals surface area (Å²) in [4.78, 5) is 60.2. The number of piperidine rings is 1. The maximum absolute atomic E-state index is 15.0. The number of fused-ring (bicyclic) bond motifs is 13. The van der Waals surface area contributed by atoms with E-state index in [0.29, 0.717) is 49.9 Å². The number of anilines is 1. The number of methoxy groups -OCH3 is 1. The van der Waals surface area contributed by atoms with Crippen LogP contribution < -0.4 is 20.8 Å². The number of aliphatic hydroxyl groups is 1. The van der Waals surface area contributed by atoms with E-state index in [1.807, 2.05) is 39.8 Å². The first kappa shape index (κ1) is 52.3. The Labute approximate surface area is 418 Å². The second kappa shape index (κ2) is 21.2. The highest BCUT2D eigenvalue weighted by atomic mass is 16.7. The molecule has 71 heavy (non-hydrogen) atoms. The number of carbonyl (C=O) groups is 3. The van der Waals surface area contributed by atoms with Crippen molar-refractivity contribution in [2.45, 2.75) is 149 Å². The lowest BCUT2D eigenvalue weighted by atomic mass is 9.79. The molecule has 6 aliphatic heterocycles. The van der Waals surface area contributed by atoms with Crippen molar-refractivity contribution in [3.8, 4) is 17.2 Å². The van der Waals surface area contributed by atoms with Crippen molar-refractivity contribution in [1.82, 2.24) is 14.7 Å². The van der Waals surface area contributed by atoms with Crippen LogP contribution in [0.4, 0.5) is 10.5 Å². The van der Waals surface area contributed by atoms with Crippen LogP contribution in [-0.4, -0.2) is 137 Å². The molecule has 4 N–H and O–H groups in total. The molecule has 1 saturated carbocycles. The number of aromatic hydroxyl groups is 2. The summed E-state index contributed by atoms with van der Waals surface area (Å²) in [6.07, 6.45) is 13.5. The normalized spacial score (nSPS) is 31.9. The number of likely N-dealkylation sites (tertiary alicyclic amines) is 1. The van der Waals surface area contributed by atoms with Crippen molar-refractivity contribution in [2.24, 2.45) is 39.6 Å². The van der Waals surface area contributed by atoms with Crippen LogP contribution >= 0.6 is 0 Å². The number of Topliss-reactive ketones (excluding diaryl/α,β-unsaturated/α-hetero) is 1. The zero-order valence-corrected chi connectivity index (χ0v) is 43.6. The smallest absolute Gasteiger partial charge is 0.410 e. The van der Waals surface area contributed by atoms with Crippen LogP contribution in [0.1, 0.15) is 123 Å². The van der Waals surface area contributed by atoms with Crippen molar-refractivity contribution >= 4 is 34.2 Å². The number of phenolic OH excluding ortho intramolecular Hbond substituents is 2.